The van der Waals surface area contributed by atoms with Crippen molar-refractivity contribution in [2.45, 2.75) is 0 Å². The highest BCUT2D eigenvalue weighted by atomic mass is 16.5. The maximum absolute atomic E-state index is 12.0. The fraction of sp³-hybridized carbons (Fsp3) is 0. The van der Waals surface area contributed by atoms with Crippen molar-refractivity contribution in [3.8, 4) is 11.3 Å². The Kier molecular flexibility index (Phi) is 3.24. The Morgan fingerprint density at radius 1 is 1.05 bits per heavy atom. The molecule has 1 amide bonds. The zero-order valence-electron chi connectivity index (χ0n) is 10.5. The van der Waals surface area contributed by atoms with Crippen molar-refractivity contribution in [2.24, 2.45) is 0 Å². The van der Waals surface area contributed by atoms with E-state index >= 15 is 0 Å². The number of carbonyl (C=O) groups is 1. The van der Waals surface area contributed by atoms with Crippen molar-refractivity contribution >= 4 is 11.6 Å². The van der Waals surface area contributed by atoms with Crippen LogP contribution in [-0.4, -0.2) is 16.0 Å². The first kappa shape index (κ1) is 12.1. The number of rotatable bonds is 3. The monoisotopic (exact) mass is 265 g/mol. The second-order valence-electron chi connectivity index (χ2n) is 4.13. The van der Waals surface area contributed by atoms with Gasteiger partial charge in [0.05, 0.1) is 0 Å². The molecule has 0 spiro atoms. The molecule has 5 heteroatoms. The quantitative estimate of drug-likeness (QED) is 0.790. The molecule has 0 aliphatic rings. The molecular formula is C15H11N3O2. The van der Waals surface area contributed by atoms with Crippen molar-refractivity contribution in [3.63, 3.8) is 0 Å². The van der Waals surface area contributed by atoms with Gasteiger partial charge in [-0.25, -0.2) is 0 Å². The SMILES string of the molecule is O=C(Nc1ccncc1)c1cc(-c2ccccc2)no1. The van der Waals surface area contributed by atoms with Gasteiger partial charge in [-0.15, -0.1) is 0 Å². The van der Waals surface area contributed by atoms with Gasteiger partial charge in [0.25, 0.3) is 5.91 Å². The number of hydrogen-bond acceptors (Lipinski definition) is 4. The topological polar surface area (TPSA) is 68.0 Å². The molecule has 3 rings (SSSR count). The average Bonchev–Trinajstić information content (AvgIpc) is 2.99. The van der Waals surface area contributed by atoms with E-state index in [1.165, 1.54) is 0 Å². The maximum atomic E-state index is 12.0. The molecule has 1 N–H and O–H groups in total. The molecule has 5 nitrogen and oxygen atoms in total. The molecule has 98 valence electrons. The van der Waals surface area contributed by atoms with Crippen LogP contribution in [0, 0.1) is 0 Å². The Balaban J connectivity index is 1.79. The van der Waals surface area contributed by atoms with Gasteiger partial charge < -0.3 is 9.84 Å². The van der Waals surface area contributed by atoms with Gasteiger partial charge in [-0.3, -0.25) is 9.78 Å². The molecule has 0 saturated heterocycles. The van der Waals surface area contributed by atoms with Gasteiger partial charge in [-0.05, 0) is 12.1 Å². The summed E-state index contributed by atoms with van der Waals surface area (Å²) >= 11 is 0. The zero-order valence-corrected chi connectivity index (χ0v) is 10.5. The minimum atomic E-state index is -0.342. The highest BCUT2D eigenvalue weighted by Crippen LogP contribution is 2.19. The Morgan fingerprint density at radius 2 is 1.80 bits per heavy atom. The van der Waals surface area contributed by atoms with Gasteiger partial charge in [0, 0.05) is 29.7 Å². The van der Waals surface area contributed by atoms with Crippen molar-refractivity contribution in [3.05, 3.63) is 66.7 Å². The average molecular weight is 265 g/mol. The van der Waals surface area contributed by atoms with Crippen molar-refractivity contribution in [1.82, 2.24) is 10.1 Å². The van der Waals surface area contributed by atoms with Crippen LogP contribution in [0.4, 0.5) is 5.69 Å². The molecular weight excluding hydrogens is 254 g/mol. The van der Waals surface area contributed by atoms with E-state index in [1.807, 2.05) is 30.3 Å². The second-order valence-corrected chi connectivity index (χ2v) is 4.13. The first-order chi connectivity index (χ1) is 9.83. The van der Waals surface area contributed by atoms with E-state index in [0.29, 0.717) is 11.4 Å². The highest BCUT2D eigenvalue weighted by molar-refractivity contribution is 6.02. The molecule has 0 radical (unpaired) electrons. The zero-order chi connectivity index (χ0) is 13.8. The van der Waals surface area contributed by atoms with Crippen LogP contribution < -0.4 is 5.32 Å². The lowest BCUT2D eigenvalue weighted by atomic mass is 10.1. The third-order valence-corrected chi connectivity index (χ3v) is 2.74. The van der Waals surface area contributed by atoms with Gasteiger partial charge in [-0.1, -0.05) is 35.5 Å². The van der Waals surface area contributed by atoms with Gasteiger partial charge in [0.15, 0.2) is 0 Å². The summed E-state index contributed by atoms with van der Waals surface area (Å²) in [6, 6.07) is 14.6. The molecule has 0 fully saturated rings. The summed E-state index contributed by atoms with van der Waals surface area (Å²) in [5.41, 5.74) is 2.19. The lowest BCUT2D eigenvalue weighted by Gasteiger charge is -2.00. The van der Waals surface area contributed by atoms with E-state index in [1.54, 1.807) is 30.6 Å². The van der Waals surface area contributed by atoms with Crippen molar-refractivity contribution in [2.75, 3.05) is 5.32 Å². The van der Waals surface area contributed by atoms with Crippen LogP contribution in [0.5, 0.6) is 0 Å². The van der Waals surface area contributed by atoms with Gasteiger partial charge in [0.2, 0.25) is 5.76 Å². The summed E-state index contributed by atoms with van der Waals surface area (Å²) in [6.07, 6.45) is 3.21. The summed E-state index contributed by atoms with van der Waals surface area (Å²) in [5, 5.41) is 6.61. The molecule has 2 heterocycles. The summed E-state index contributed by atoms with van der Waals surface area (Å²) in [5.74, 6) is -0.174. The fourth-order valence-corrected chi connectivity index (χ4v) is 1.76. The van der Waals surface area contributed by atoms with Crippen LogP contribution in [0.25, 0.3) is 11.3 Å². The number of anilines is 1. The van der Waals surface area contributed by atoms with Gasteiger partial charge in [0.1, 0.15) is 5.69 Å². The minimum Gasteiger partial charge on any atom is -0.350 e. The number of carbonyl (C=O) groups excluding carboxylic acids is 1. The molecule has 20 heavy (non-hydrogen) atoms. The number of nitrogens with one attached hydrogen (secondary N) is 1. The van der Waals surface area contributed by atoms with E-state index < -0.39 is 0 Å². The van der Waals surface area contributed by atoms with E-state index in [2.05, 4.69) is 15.5 Å². The lowest BCUT2D eigenvalue weighted by Crippen LogP contribution is -2.10. The third kappa shape index (κ3) is 2.56. The molecule has 0 aliphatic heterocycles. The summed E-state index contributed by atoms with van der Waals surface area (Å²) < 4.78 is 5.08. The summed E-state index contributed by atoms with van der Waals surface area (Å²) in [4.78, 5) is 15.9. The Labute approximate surface area is 115 Å². The number of benzene rings is 1. The predicted octanol–water partition coefficient (Wildman–Crippen LogP) is 2.99. The lowest BCUT2D eigenvalue weighted by molar-refractivity contribution is 0.0988. The summed E-state index contributed by atoms with van der Waals surface area (Å²) in [6.45, 7) is 0. The van der Waals surface area contributed by atoms with E-state index in [9.17, 15) is 4.79 Å². The highest BCUT2D eigenvalue weighted by Gasteiger charge is 2.13. The molecule has 0 saturated carbocycles. The normalized spacial score (nSPS) is 10.2. The summed E-state index contributed by atoms with van der Waals surface area (Å²) in [7, 11) is 0. The smallest absolute Gasteiger partial charge is 0.294 e. The van der Waals surface area contributed by atoms with E-state index in [0.717, 1.165) is 5.56 Å². The van der Waals surface area contributed by atoms with Crippen LogP contribution in [0.15, 0.2) is 65.4 Å². The molecule has 0 atom stereocenters. The molecule has 0 bridgehead atoms. The van der Waals surface area contributed by atoms with Gasteiger partial charge in [-0.2, -0.15) is 0 Å². The standard InChI is InChI=1S/C15H11N3O2/c19-15(17-12-6-8-16-9-7-12)14-10-13(18-20-14)11-4-2-1-3-5-11/h1-10H,(H,16,17,19). The molecule has 0 unspecified atom stereocenters. The van der Waals surface area contributed by atoms with Crippen LogP contribution >= 0.6 is 0 Å². The fourth-order valence-electron chi connectivity index (χ4n) is 1.76. The van der Waals surface area contributed by atoms with Gasteiger partial charge >= 0.3 is 0 Å². The second kappa shape index (κ2) is 5.36. The molecule has 2 aromatic heterocycles. The molecule has 3 aromatic rings. The molecule has 1 aromatic carbocycles. The Hall–Kier alpha value is -2.95. The third-order valence-electron chi connectivity index (χ3n) is 2.74. The largest absolute Gasteiger partial charge is 0.350 e. The maximum Gasteiger partial charge on any atom is 0.294 e. The number of aromatic nitrogens is 2. The van der Waals surface area contributed by atoms with E-state index in [4.69, 9.17) is 4.52 Å². The van der Waals surface area contributed by atoms with Crippen molar-refractivity contribution < 1.29 is 9.32 Å². The first-order valence-electron chi connectivity index (χ1n) is 6.06. The first-order valence-corrected chi connectivity index (χ1v) is 6.06. The number of nitrogens with zero attached hydrogens (tertiary/aromatic N) is 2. The Bertz CT molecular complexity index is 708. The van der Waals surface area contributed by atoms with Crippen LogP contribution in [0.3, 0.4) is 0 Å². The Morgan fingerprint density at radius 3 is 2.55 bits per heavy atom. The van der Waals surface area contributed by atoms with Crippen LogP contribution in [0.2, 0.25) is 0 Å². The number of pyridine rings is 1. The number of amides is 1. The molecule has 0 aliphatic carbocycles. The van der Waals surface area contributed by atoms with Crippen LogP contribution in [0.1, 0.15) is 10.6 Å². The predicted molar refractivity (Wildman–Crippen MR) is 74.1 cm³/mol. The number of hydrogen-bond donors (Lipinski definition) is 1. The van der Waals surface area contributed by atoms with Crippen molar-refractivity contribution in [1.29, 1.82) is 0 Å². The van der Waals surface area contributed by atoms with E-state index in [-0.39, 0.29) is 11.7 Å². The minimum absolute atomic E-state index is 0.167. The van der Waals surface area contributed by atoms with Crippen LogP contribution in [-0.2, 0) is 0 Å².